The summed E-state index contributed by atoms with van der Waals surface area (Å²) in [6.07, 6.45) is 6.31. The average molecular weight is 349 g/mol. The Morgan fingerprint density at radius 3 is 2.63 bits per heavy atom. The zero-order valence-electron chi connectivity index (χ0n) is 11.8. The molecule has 1 aromatic heterocycles. The first kappa shape index (κ1) is 15.3. The van der Waals surface area contributed by atoms with Gasteiger partial charge in [0, 0.05) is 32.1 Å². The van der Waals surface area contributed by atoms with Gasteiger partial charge in [0.05, 0.1) is 15.9 Å². The summed E-state index contributed by atoms with van der Waals surface area (Å²) in [7, 11) is 2.03. The van der Waals surface area contributed by atoms with E-state index in [0.29, 0.717) is 11.9 Å². The number of hydrogen-bond donors (Lipinski definition) is 0. The standard InChI is InChI=1S/C14H23BrClN3/c1-3-12-14(15)13(18(2)17-12)10-19(9-8-16)11-6-4-5-7-11/h11H,3-10H2,1-2H3. The van der Waals surface area contributed by atoms with Gasteiger partial charge in [0.25, 0.3) is 0 Å². The van der Waals surface area contributed by atoms with Crippen molar-refractivity contribution in [2.75, 3.05) is 12.4 Å². The molecule has 3 nitrogen and oxygen atoms in total. The van der Waals surface area contributed by atoms with Crippen molar-refractivity contribution in [3.05, 3.63) is 15.9 Å². The topological polar surface area (TPSA) is 21.1 Å². The summed E-state index contributed by atoms with van der Waals surface area (Å²) < 4.78 is 3.19. The first-order valence-corrected chi connectivity index (χ1v) is 8.50. The van der Waals surface area contributed by atoms with Gasteiger partial charge in [0.15, 0.2) is 0 Å². The van der Waals surface area contributed by atoms with Crippen LogP contribution in [0.25, 0.3) is 0 Å². The van der Waals surface area contributed by atoms with E-state index >= 15 is 0 Å². The highest BCUT2D eigenvalue weighted by atomic mass is 79.9. The highest BCUT2D eigenvalue weighted by Gasteiger charge is 2.24. The Kier molecular flexibility index (Phi) is 5.72. The van der Waals surface area contributed by atoms with E-state index in [4.69, 9.17) is 11.6 Å². The zero-order valence-corrected chi connectivity index (χ0v) is 14.2. The molecule has 0 unspecified atom stereocenters. The summed E-state index contributed by atoms with van der Waals surface area (Å²) in [5.41, 5.74) is 2.42. The molecule has 108 valence electrons. The lowest BCUT2D eigenvalue weighted by molar-refractivity contribution is 0.196. The van der Waals surface area contributed by atoms with Gasteiger partial charge in [-0.05, 0) is 35.2 Å². The quantitative estimate of drug-likeness (QED) is 0.730. The second-order valence-corrected chi connectivity index (χ2v) is 6.45. The van der Waals surface area contributed by atoms with Crippen molar-refractivity contribution in [3.8, 4) is 0 Å². The van der Waals surface area contributed by atoms with Gasteiger partial charge in [-0.2, -0.15) is 5.10 Å². The molecule has 0 N–H and O–H groups in total. The maximum Gasteiger partial charge on any atom is 0.0767 e. The van der Waals surface area contributed by atoms with Crippen LogP contribution in [0.15, 0.2) is 4.47 Å². The van der Waals surface area contributed by atoms with Crippen LogP contribution in [0.2, 0.25) is 0 Å². The Bertz CT molecular complexity index is 413. The molecule has 0 aromatic carbocycles. The first-order valence-electron chi connectivity index (χ1n) is 7.17. The molecule has 0 bridgehead atoms. The second-order valence-electron chi connectivity index (χ2n) is 5.28. The molecule has 1 aliphatic rings. The minimum Gasteiger partial charge on any atom is -0.293 e. The number of aryl methyl sites for hydroxylation is 2. The van der Waals surface area contributed by atoms with Crippen molar-refractivity contribution in [1.82, 2.24) is 14.7 Å². The van der Waals surface area contributed by atoms with E-state index in [1.807, 2.05) is 11.7 Å². The fraction of sp³-hybridized carbons (Fsp3) is 0.786. The Morgan fingerprint density at radius 1 is 1.42 bits per heavy atom. The van der Waals surface area contributed by atoms with Crippen LogP contribution >= 0.6 is 27.5 Å². The summed E-state index contributed by atoms with van der Waals surface area (Å²) >= 11 is 9.68. The van der Waals surface area contributed by atoms with Gasteiger partial charge in [-0.15, -0.1) is 11.6 Å². The van der Waals surface area contributed by atoms with Crippen LogP contribution < -0.4 is 0 Å². The number of rotatable bonds is 6. The molecular weight excluding hydrogens is 326 g/mol. The molecule has 1 heterocycles. The van der Waals surface area contributed by atoms with E-state index in [-0.39, 0.29) is 0 Å². The zero-order chi connectivity index (χ0) is 13.8. The Labute approximate surface area is 129 Å². The maximum atomic E-state index is 5.98. The van der Waals surface area contributed by atoms with Gasteiger partial charge in [-0.1, -0.05) is 19.8 Å². The van der Waals surface area contributed by atoms with Crippen LogP contribution in [-0.4, -0.2) is 33.1 Å². The van der Waals surface area contributed by atoms with Crippen LogP contribution in [0.3, 0.4) is 0 Å². The van der Waals surface area contributed by atoms with Gasteiger partial charge >= 0.3 is 0 Å². The van der Waals surface area contributed by atoms with Gasteiger partial charge < -0.3 is 0 Å². The molecule has 19 heavy (non-hydrogen) atoms. The van der Waals surface area contributed by atoms with Crippen molar-refractivity contribution in [2.24, 2.45) is 7.05 Å². The molecule has 0 radical (unpaired) electrons. The van der Waals surface area contributed by atoms with E-state index in [9.17, 15) is 0 Å². The minimum atomic E-state index is 0.700. The number of alkyl halides is 1. The smallest absolute Gasteiger partial charge is 0.0767 e. The second kappa shape index (κ2) is 7.09. The Hall–Kier alpha value is -0.0600. The third-order valence-corrected chi connectivity index (χ3v) is 5.15. The first-order chi connectivity index (χ1) is 9.17. The number of hydrogen-bond acceptors (Lipinski definition) is 2. The summed E-state index contributed by atoms with van der Waals surface area (Å²) in [6.45, 7) is 4.05. The predicted octanol–water partition coefficient (Wildman–Crippen LogP) is 3.73. The van der Waals surface area contributed by atoms with Gasteiger partial charge in [0.2, 0.25) is 0 Å². The van der Waals surface area contributed by atoms with Crippen LogP contribution in [0.5, 0.6) is 0 Å². The third-order valence-electron chi connectivity index (χ3n) is 4.07. The van der Waals surface area contributed by atoms with Crippen molar-refractivity contribution < 1.29 is 0 Å². The van der Waals surface area contributed by atoms with Gasteiger partial charge in [-0.25, -0.2) is 0 Å². The van der Waals surface area contributed by atoms with Crippen molar-refractivity contribution in [2.45, 2.75) is 51.6 Å². The molecule has 1 saturated carbocycles. The Morgan fingerprint density at radius 2 is 2.11 bits per heavy atom. The lowest BCUT2D eigenvalue weighted by Crippen LogP contribution is -2.35. The van der Waals surface area contributed by atoms with Gasteiger partial charge in [0.1, 0.15) is 0 Å². The predicted molar refractivity (Wildman–Crippen MR) is 83.7 cm³/mol. The van der Waals surface area contributed by atoms with Crippen LogP contribution in [0.4, 0.5) is 0 Å². The molecule has 0 spiro atoms. The van der Waals surface area contributed by atoms with E-state index in [2.05, 4.69) is 32.9 Å². The van der Waals surface area contributed by atoms with Crippen molar-refractivity contribution in [3.63, 3.8) is 0 Å². The molecule has 1 aliphatic carbocycles. The average Bonchev–Trinajstić information content (AvgIpc) is 3.01. The lowest BCUT2D eigenvalue weighted by atomic mass is 10.2. The molecule has 2 rings (SSSR count). The third kappa shape index (κ3) is 3.53. The number of nitrogens with zero attached hydrogens (tertiary/aromatic N) is 3. The molecule has 0 amide bonds. The molecule has 1 aromatic rings. The van der Waals surface area contributed by atoms with Crippen LogP contribution in [0, 0.1) is 0 Å². The summed E-state index contributed by atoms with van der Waals surface area (Å²) in [5.74, 6) is 0.701. The number of halogens is 2. The maximum absolute atomic E-state index is 5.98. The monoisotopic (exact) mass is 347 g/mol. The fourth-order valence-electron chi connectivity index (χ4n) is 2.95. The van der Waals surface area contributed by atoms with Crippen molar-refractivity contribution in [1.29, 1.82) is 0 Å². The van der Waals surface area contributed by atoms with E-state index in [1.165, 1.54) is 35.8 Å². The number of aromatic nitrogens is 2. The van der Waals surface area contributed by atoms with Crippen molar-refractivity contribution >= 4 is 27.5 Å². The highest BCUT2D eigenvalue weighted by Crippen LogP contribution is 2.28. The molecule has 0 aliphatic heterocycles. The van der Waals surface area contributed by atoms with Crippen LogP contribution in [-0.2, 0) is 20.0 Å². The normalized spacial score (nSPS) is 16.7. The van der Waals surface area contributed by atoms with E-state index in [1.54, 1.807) is 0 Å². The summed E-state index contributed by atoms with van der Waals surface area (Å²) in [5, 5.41) is 4.58. The highest BCUT2D eigenvalue weighted by molar-refractivity contribution is 9.10. The van der Waals surface area contributed by atoms with Crippen LogP contribution in [0.1, 0.15) is 44.0 Å². The van der Waals surface area contributed by atoms with E-state index in [0.717, 1.165) is 25.2 Å². The molecule has 5 heteroatoms. The largest absolute Gasteiger partial charge is 0.293 e. The molecule has 0 atom stereocenters. The lowest BCUT2D eigenvalue weighted by Gasteiger charge is -2.28. The SMILES string of the molecule is CCc1nn(C)c(CN(CCCl)C2CCCC2)c1Br. The summed E-state index contributed by atoms with van der Waals surface area (Å²) in [6, 6.07) is 0.700. The van der Waals surface area contributed by atoms with Gasteiger partial charge in [-0.3, -0.25) is 9.58 Å². The summed E-state index contributed by atoms with van der Waals surface area (Å²) in [4.78, 5) is 2.53. The molecular formula is C14H23BrClN3. The molecule has 1 fully saturated rings. The molecule has 0 saturated heterocycles. The Balaban J connectivity index is 2.14. The minimum absolute atomic E-state index is 0.700. The fourth-order valence-corrected chi connectivity index (χ4v) is 3.91. The van der Waals surface area contributed by atoms with E-state index < -0.39 is 0 Å².